The van der Waals surface area contributed by atoms with Crippen molar-refractivity contribution in [3.63, 3.8) is 0 Å². The predicted octanol–water partition coefficient (Wildman–Crippen LogP) is 3.14. The van der Waals surface area contributed by atoms with Gasteiger partial charge in [0, 0.05) is 6.04 Å². The Balaban J connectivity index is 2.16. The van der Waals surface area contributed by atoms with Crippen LogP contribution in [0.25, 0.3) is 0 Å². The van der Waals surface area contributed by atoms with Crippen LogP contribution in [0.3, 0.4) is 0 Å². The fourth-order valence-electron chi connectivity index (χ4n) is 1.76. The molecule has 2 rings (SSSR count). The fraction of sp³-hybridized carbons (Fsp3) is 0.333. The Morgan fingerprint density at radius 2 is 2.28 bits per heavy atom. The number of nitrogens with zero attached hydrogens (tertiary/aromatic N) is 2. The van der Waals surface area contributed by atoms with Crippen molar-refractivity contribution in [1.29, 1.82) is 0 Å². The minimum atomic E-state index is -0.417. The minimum Gasteiger partial charge on any atom is -0.323 e. The van der Waals surface area contributed by atoms with Crippen molar-refractivity contribution in [3.05, 3.63) is 45.2 Å². The number of aromatic nitrogens is 2. The van der Waals surface area contributed by atoms with E-state index in [9.17, 15) is 4.39 Å². The van der Waals surface area contributed by atoms with E-state index in [2.05, 4.69) is 9.59 Å². The maximum atomic E-state index is 13.3. The molecule has 1 unspecified atom stereocenters. The molecule has 18 heavy (non-hydrogen) atoms. The maximum Gasteiger partial charge on any atom is 0.142 e. The van der Waals surface area contributed by atoms with Gasteiger partial charge in [0.25, 0.3) is 0 Å². The Labute approximate surface area is 114 Å². The third kappa shape index (κ3) is 2.85. The van der Waals surface area contributed by atoms with Crippen molar-refractivity contribution < 1.29 is 4.39 Å². The van der Waals surface area contributed by atoms with Gasteiger partial charge in [0.15, 0.2) is 0 Å². The average Bonchev–Trinajstić information content (AvgIpc) is 2.82. The summed E-state index contributed by atoms with van der Waals surface area (Å²) in [6.45, 7) is 2.01. The Morgan fingerprint density at radius 1 is 1.50 bits per heavy atom. The molecule has 2 aromatic rings. The van der Waals surface area contributed by atoms with E-state index in [4.69, 9.17) is 17.3 Å². The first-order chi connectivity index (χ1) is 8.61. The van der Waals surface area contributed by atoms with Gasteiger partial charge in [-0.3, -0.25) is 0 Å². The summed E-state index contributed by atoms with van der Waals surface area (Å²) in [4.78, 5) is 0.966. The third-order valence-electron chi connectivity index (χ3n) is 2.70. The first kappa shape index (κ1) is 13.4. The van der Waals surface area contributed by atoms with Crippen molar-refractivity contribution >= 4 is 23.1 Å². The van der Waals surface area contributed by atoms with Crippen LogP contribution in [0.15, 0.2) is 18.2 Å². The van der Waals surface area contributed by atoms with Gasteiger partial charge in [0.2, 0.25) is 0 Å². The molecule has 0 spiro atoms. The highest BCUT2D eigenvalue weighted by molar-refractivity contribution is 7.05. The number of hydrogen-bond donors (Lipinski definition) is 1. The molecule has 2 N–H and O–H groups in total. The Hall–Kier alpha value is -1.04. The molecule has 0 bridgehead atoms. The van der Waals surface area contributed by atoms with Crippen molar-refractivity contribution in [1.82, 2.24) is 9.59 Å². The zero-order valence-electron chi connectivity index (χ0n) is 9.86. The summed E-state index contributed by atoms with van der Waals surface area (Å²) in [5, 5.41) is 4.15. The number of benzene rings is 1. The highest BCUT2D eigenvalue weighted by Crippen LogP contribution is 2.24. The van der Waals surface area contributed by atoms with E-state index in [1.54, 1.807) is 12.1 Å². The molecule has 0 aliphatic heterocycles. The van der Waals surface area contributed by atoms with Gasteiger partial charge in [-0.2, -0.15) is 0 Å². The molecular formula is C12H13ClFN3S. The number of hydrogen-bond acceptors (Lipinski definition) is 4. The van der Waals surface area contributed by atoms with Crippen molar-refractivity contribution in [2.45, 2.75) is 25.8 Å². The third-order valence-corrected chi connectivity index (χ3v) is 3.90. The molecule has 0 fully saturated rings. The Kier molecular flexibility index (Phi) is 4.27. The second-order valence-electron chi connectivity index (χ2n) is 4.00. The summed E-state index contributed by atoms with van der Waals surface area (Å²) < 4.78 is 17.2. The lowest BCUT2D eigenvalue weighted by Gasteiger charge is -2.10. The van der Waals surface area contributed by atoms with Gasteiger partial charge in [0.1, 0.15) is 5.82 Å². The molecule has 0 aliphatic carbocycles. The topological polar surface area (TPSA) is 51.8 Å². The van der Waals surface area contributed by atoms with Crippen LogP contribution >= 0.6 is 23.1 Å². The quantitative estimate of drug-likeness (QED) is 0.939. The summed E-state index contributed by atoms with van der Waals surface area (Å²) in [7, 11) is 0. The molecule has 1 aromatic heterocycles. The monoisotopic (exact) mass is 285 g/mol. The summed E-state index contributed by atoms with van der Waals surface area (Å²) in [5.74, 6) is -0.417. The highest BCUT2D eigenvalue weighted by atomic mass is 35.5. The number of aryl methyl sites for hydroxylation is 1. The Bertz CT molecular complexity index is 544. The smallest absolute Gasteiger partial charge is 0.142 e. The summed E-state index contributed by atoms with van der Waals surface area (Å²) in [6, 6.07) is 4.54. The van der Waals surface area contributed by atoms with Gasteiger partial charge in [-0.1, -0.05) is 29.1 Å². The van der Waals surface area contributed by atoms with E-state index in [0.29, 0.717) is 6.42 Å². The lowest BCUT2D eigenvalue weighted by Crippen LogP contribution is -2.13. The zero-order valence-corrected chi connectivity index (χ0v) is 11.4. The highest BCUT2D eigenvalue weighted by Gasteiger charge is 2.15. The SMILES string of the molecule is CCc1nnsc1C(N)Cc1ccc(Cl)c(F)c1. The molecule has 0 saturated heterocycles. The van der Waals surface area contributed by atoms with E-state index in [1.165, 1.54) is 17.6 Å². The van der Waals surface area contributed by atoms with Crippen LogP contribution in [0.4, 0.5) is 4.39 Å². The van der Waals surface area contributed by atoms with Gasteiger partial charge in [-0.05, 0) is 42.1 Å². The summed E-state index contributed by atoms with van der Waals surface area (Å²) >= 11 is 6.94. The summed E-state index contributed by atoms with van der Waals surface area (Å²) in [5.41, 5.74) is 7.85. The van der Waals surface area contributed by atoms with E-state index >= 15 is 0 Å². The van der Waals surface area contributed by atoms with E-state index in [1.807, 2.05) is 6.92 Å². The van der Waals surface area contributed by atoms with Gasteiger partial charge < -0.3 is 5.73 Å². The first-order valence-corrected chi connectivity index (χ1v) is 6.77. The molecule has 6 heteroatoms. The van der Waals surface area contributed by atoms with E-state index in [-0.39, 0.29) is 11.1 Å². The van der Waals surface area contributed by atoms with Crippen LogP contribution in [0.2, 0.25) is 5.02 Å². The molecule has 0 saturated carbocycles. The average molecular weight is 286 g/mol. The van der Waals surface area contributed by atoms with Gasteiger partial charge >= 0.3 is 0 Å². The van der Waals surface area contributed by atoms with Crippen LogP contribution in [0.5, 0.6) is 0 Å². The first-order valence-electron chi connectivity index (χ1n) is 5.62. The molecule has 0 amide bonds. The second-order valence-corrected chi connectivity index (χ2v) is 5.19. The summed E-state index contributed by atoms with van der Waals surface area (Å²) in [6.07, 6.45) is 1.35. The molecule has 1 heterocycles. The number of rotatable bonds is 4. The normalized spacial score (nSPS) is 12.7. The van der Waals surface area contributed by atoms with Crippen molar-refractivity contribution in [3.8, 4) is 0 Å². The minimum absolute atomic E-state index is 0.126. The van der Waals surface area contributed by atoms with Crippen LogP contribution in [-0.4, -0.2) is 9.59 Å². The number of nitrogens with two attached hydrogens (primary N) is 1. The van der Waals surface area contributed by atoms with Crippen LogP contribution in [-0.2, 0) is 12.8 Å². The van der Waals surface area contributed by atoms with Gasteiger partial charge in [-0.15, -0.1) is 5.10 Å². The van der Waals surface area contributed by atoms with Crippen LogP contribution in [0, 0.1) is 5.82 Å². The fourth-order valence-corrected chi connectivity index (χ4v) is 2.61. The molecule has 0 aliphatic rings. The molecule has 1 aromatic carbocycles. The lowest BCUT2D eigenvalue weighted by molar-refractivity contribution is 0.622. The number of halogens is 2. The van der Waals surface area contributed by atoms with Gasteiger partial charge in [0.05, 0.1) is 15.6 Å². The Morgan fingerprint density at radius 3 is 2.94 bits per heavy atom. The van der Waals surface area contributed by atoms with Gasteiger partial charge in [-0.25, -0.2) is 4.39 Å². The molecule has 96 valence electrons. The van der Waals surface area contributed by atoms with Crippen LogP contribution < -0.4 is 5.73 Å². The molecule has 0 radical (unpaired) electrons. The second kappa shape index (κ2) is 5.73. The molecule has 1 atom stereocenters. The maximum absolute atomic E-state index is 13.3. The predicted molar refractivity (Wildman–Crippen MR) is 71.3 cm³/mol. The lowest BCUT2D eigenvalue weighted by atomic mass is 10.0. The van der Waals surface area contributed by atoms with E-state index < -0.39 is 5.82 Å². The molecule has 3 nitrogen and oxygen atoms in total. The van der Waals surface area contributed by atoms with Crippen molar-refractivity contribution in [2.75, 3.05) is 0 Å². The molecular weight excluding hydrogens is 273 g/mol. The van der Waals surface area contributed by atoms with E-state index in [0.717, 1.165) is 22.6 Å². The van der Waals surface area contributed by atoms with Crippen molar-refractivity contribution in [2.24, 2.45) is 5.73 Å². The zero-order chi connectivity index (χ0) is 13.1. The van der Waals surface area contributed by atoms with Crippen LogP contribution in [0.1, 0.15) is 29.1 Å². The standard InChI is InChI=1S/C12H13ClFN3S/c1-2-11-12(18-17-16-11)10(15)6-7-3-4-8(13)9(14)5-7/h3-5,10H,2,6,15H2,1H3. The largest absolute Gasteiger partial charge is 0.323 e.